The number of anilines is 4. The van der Waals surface area contributed by atoms with Crippen LogP contribution in [0.25, 0.3) is 11.4 Å². The zero-order valence-corrected chi connectivity index (χ0v) is 18.5. The molecule has 9 nitrogen and oxygen atoms in total. The third-order valence-corrected chi connectivity index (χ3v) is 5.12. The van der Waals surface area contributed by atoms with Gasteiger partial charge >= 0.3 is 6.18 Å². The Balaban J connectivity index is 1.57. The molecular formula is C21H19F3N8OS. The average Bonchev–Trinajstić information content (AvgIpc) is 3.21. The first kappa shape index (κ1) is 23.2. The van der Waals surface area contributed by atoms with E-state index >= 15 is 0 Å². The van der Waals surface area contributed by atoms with Crippen LogP contribution in [0, 0.1) is 0 Å². The topological polar surface area (TPSA) is 141 Å². The van der Waals surface area contributed by atoms with Crippen molar-refractivity contribution in [2.24, 2.45) is 0 Å². The molecule has 0 aliphatic rings. The average molecular weight is 488 g/mol. The van der Waals surface area contributed by atoms with Crippen molar-refractivity contribution in [2.75, 3.05) is 23.0 Å². The summed E-state index contributed by atoms with van der Waals surface area (Å²) in [6, 6.07) is 11.6. The minimum Gasteiger partial charge on any atom is -0.439 e. The van der Waals surface area contributed by atoms with Crippen molar-refractivity contribution in [2.45, 2.75) is 11.9 Å². The third kappa shape index (κ3) is 5.49. The molecule has 13 heteroatoms. The highest BCUT2D eigenvalue weighted by Gasteiger charge is 2.30. The van der Waals surface area contributed by atoms with E-state index in [1.54, 1.807) is 23.9 Å². The molecule has 0 fully saturated rings. The van der Waals surface area contributed by atoms with E-state index in [0.717, 1.165) is 23.3 Å². The fourth-order valence-corrected chi connectivity index (χ4v) is 3.66. The van der Waals surface area contributed by atoms with E-state index in [1.807, 2.05) is 12.3 Å². The van der Waals surface area contributed by atoms with Crippen molar-refractivity contribution < 1.29 is 17.9 Å². The molecule has 0 saturated heterocycles. The molecule has 4 rings (SSSR count). The summed E-state index contributed by atoms with van der Waals surface area (Å²) in [6.45, 7) is 0. The molecule has 0 unspecified atom stereocenters. The number of nitrogens with one attached hydrogen (secondary N) is 2. The minimum atomic E-state index is -4.44. The highest BCUT2D eigenvalue weighted by atomic mass is 32.2. The molecule has 0 radical (unpaired) electrons. The number of hydrogen-bond acceptors (Lipinski definition) is 9. The van der Waals surface area contributed by atoms with Gasteiger partial charge < -0.3 is 21.5 Å². The number of nitrogens with zero attached hydrogens (tertiary/aromatic N) is 4. The number of thioether (sulfide) groups is 1. The maximum absolute atomic E-state index is 13.0. The number of alkyl halides is 3. The second-order valence-electron chi connectivity index (χ2n) is 7.05. The summed E-state index contributed by atoms with van der Waals surface area (Å²) in [7, 11) is 0. The summed E-state index contributed by atoms with van der Waals surface area (Å²) in [4.78, 5) is 12.2. The maximum atomic E-state index is 13.0. The van der Waals surface area contributed by atoms with Crippen molar-refractivity contribution in [3.63, 3.8) is 0 Å². The monoisotopic (exact) mass is 488 g/mol. The smallest absolute Gasteiger partial charge is 0.416 e. The van der Waals surface area contributed by atoms with Gasteiger partial charge in [-0.2, -0.15) is 39.9 Å². The van der Waals surface area contributed by atoms with Crippen molar-refractivity contribution in [1.82, 2.24) is 25.1 Å². The molecule has 4 aromatic rings. The number of hydrogen-bond donors (Lipinski definition) is 4. The van der Waals surface area contributed by atoms with Gasteiger partial charge in [-0.3, -0.25) is 5.10 Å². The predicted octanol–water partition coefficient (Wildman–Crippen LogP) is 4.84. The van der Waals surface area contributed by atoms with Crippen LogP contribution >= 0.6 is 11.8 Å². The number of benzene rings is 2. The van der Waals surface area contributed by atoms with E-state index in [4.69, 9.17) is 16.2 Å². The first-order chi connectivity index (χ1) is 16.2. The Morgan fingerprint density at radius 1 is 1.06 bits per heavy atom. The minimum absolute atomic E-state index is 0.00147. The van der Waals surface area contributed by atoms with Crippen LogP contribution in [0.15, 0.2) is 48.5 Å². The van der Waals surface area contributed by atoms with E-state index in [9.17, 15) is 13.2 Å². The largest absolute Gasteiger partial charge is 0.439 e. The molecule has 34 heavy (non-hydrogen) atoms. The van der Waals surface area contributed by atoms with Gasteiger partial charge in [0.1, 0.15) is 11.6 Å². The standard InChI is InChI=1S/C21H19F3N8OS/c1-34-10-11-7-14(33-17-9-16(25)28-19(26)29-17)5-6-15(11)18-30-20(32-31-18)27-13-4-2-3-12(8-13)21(22,23)24/h2-9H,10H2,1H3,(H4,25,26,28,29)(H2,27,30,31,32). The Hall–Kier alpha value is -4.00. The number of aromatic nitrogens is 5. The number of H-pyrrole nitrogens is 1. The Bertz CT molecular complexity index is 1290. The molecule has 2 heterocycles. The van der Waals surface area contributed by atoms with Crippen LogP contribution in [0.3, 0.4) is 0 Å². The number of halogens is 3. The quantitative estimate of drug-likeness (QED) is 0.287. The van der Waals surface area contributed by atoms with Gasteiger partial charge in [-0.1, -0.05) is 6.07 Å². The van der Waals surface area contributed by atoms with Gasteiger partial charge in [-0.25, -0.2) is 0 Å². The molecule has 176 valence electrons. The number of ether oxygens (including phenoxy) is 1. The van der Waals surface area contributed by atoms with Crippen LogP contribution in [-0.2, 0) is 11.9 Å². The van der Waals surface area contributed by atoms with Crippen molar-refractivity contribution in [1.29, 1.82) is 0 Å². The molecule has 0 aliphatic heterocycles. The summed E-state index contributed by atoms with van der Waals surface area (Å²) in [6.07, 6.45) is -2.49. The molecule has 0 spiro atoms. The lowest BCUT2D eigenvalue weighted by Crippen LogP contribution is -2.05. The predicted molar refractivity (Wildman–Crippen MR) is 125 cm³/mol. The van der Waals surface area contributed by atoms with Crippen molar-refractivity contribution >= 4 is 35.2 Å². The van der Waals surface area contributed by atoms with E-state index in [-0.39, 0.29) is 29.3 Å². The molecular weight excluding hydrogens is 469 g/mol. The summed E-state index contributed by atoms with van der Waals surface area (Å²) in [5, 5.41) is 9.69. The number of rotatable bonds is 7. The zero-order chi connectivity index (χ0) is 24.3. The lowest BCUT2D eigenvalue weighted by atomic mass is 10.1. The molecule has 2 aromatic heterocycles. The Morgan fingerprint density at radius 2 is 1.88 bits per heavy atom. The summed E-state index contributed by atoms with van der Waals surface area (Å²) in [5.74, 6) is 2.12. The molecule has 0 saturated carbocycles. The van der Waals surface area contributed by atoms with E-state index in [2.05, 4.69) is 30.5 Å². The van der Waals surface area contributed by atoms with Crippen LogP contribution in [0.1, 0.15) is 11.1 Å². The van der Waals surface area contributed by atoms with Gasteiger partial charge in [0.15, 0.2) is 5.82 Å². The SMILES string of the molecule is CSCc1cc(Oc2cc(N)nc(N)n2)ccc1-c1nc(Nc2cccc(C(F)(F)F)c2)n[nH]1. The molecule has 0 bridgehead atoms. The summed E-state index contributed by atoms with van der Waals surface area (Å²) >= 11 is 1.59. The fourth-order valence-electron chi connectivity index (χ4n) is 3.11. The first-order valence-corrected chi connectivity index (χ1v) is 11.2. The van der Waals surface area contributed by atoms with Crippen LogP contribution in [0.5, 0.6) is 11.6 Å². The van der Waals surface area contributed by atoms with Gasteiger partial charge in [0.05, 0.1) is 5.56 Å². The highest BCUT2D eigenvalue weighted by Crippen LogP contribution is 2.33. The lowest BCUT2D eigenvalue weighted by Gasteiger charge is -2.11. The molecule has 0 amide bonds. The number of aromatic amines is 1. The Morgan fingerprint density at radius 3 is 2.62 bits per heavy atom. The first-order valence-electron chi connectivity index (χ1n) is 9.78. The molecule has 0 aliphatic carbocycles. The van der Waals surface area contributed by atoms with Gasteiger partial charge in [0.25, 0.3) is 0 Å². The van der Waals surface area contributed by atoms with E-state index in [0.29, 0.717) is 17.3 Å². The van der Waals surface area contributed by atoms with Crippen LogP contribution in [-0.4, -0.2) is 31.4 Å². The molecule has 2 aromatic carbocycles. The summed E-state index contributed by atoms with van der Waals surface area (Å²) < 4.78 is 44.7. The maximum Gasteiger partial charge on any atom is 0.416 e. The van der Waals surface area contributed by atoms with Gasteiger partial charge in [-0.15, -0.1) is 5.10 Å². The second kappa shape index (κ2) is 9.47. The van der Waals surface area contributed by atoms with Gasteiger partial charge in [0, 0.05) is 23.1 Å². The third-order valence-electron chi connectivity index (χ3n) is 4.53. The lowest BCUT2D eigenvalue weighted by molar-refractivity contribution is -0.137. The number of nitrogens with two attached hydrogens (primary N) is 2. The number of nitrogen functional groups attached to an aromatic ring is 2. The zero-order valence-electron chi connectivity index (χ0n) is 17.7. The van der Waals surface area contributed by atoms with E-state index < -0.39 is 11.7 Å². The molecule has 0 atom stereocenters. The Kier molecular flexibility index (Phi) is 6.45. The van der Waals surface area contributed by atoms with E-state index in [1.165, 1.54) is 18.2 Å². The van der Waals surface area contributed by atoms with Gasteiger partial charge in [-0.05, 0) is 48.2 Å². The van der Waals surface area contributed by atoms with Crippen LogP contribution < -0.4 is 21.5 Å². The second-order valence-corrected chi connectivity index (χ2v) is 7.92. The van der Waals surface area contributed by atoms with Crippen molar-refractivity contribution in [3.8, 4) is 23.0 Å². The van der Waals surface area contributed by atoms with Crippen molar-refractivity contribution in [3.05, 3.63) is 59.7 Å². The van der Waals surface area contributed by atoms with Crippen LogP contribution in [0.2, 0.25) is 0 Å². The Labute approximate surface area is 196 Å². The highest BCUT2D eigenvalue weighted by molar-refractivity contribution is 7.97. The van der Waals surface area contributed by atoms with Crippen LogP contribution in [0.4, 0.5) is 36.6 Å². The normalized spacial score (nSPS) is 11.4. The summed E-state index contributed by atoms with van der Waals surface area (Å²) in [5.41, 5.74) is 12.4. The van der Waals surface area contributed by atoms with Gasteiger partial charge in [0.2, 0.25) is 17.8 Å². The fraction of sp³-hybridized carbons (Fsp3) is 0.143. The molecule has 6 N–H and O–H groups in total.